The third-order valence-corrected chi connectivity index (χ3v) is 4.57. The van der Waals surface area contributed by atoms with Crippen LogP contribution < -0.4 is 0 Å². The van der Waals surface area contributed by atoms with E-state index in [0.29, 0.717) is 16.5 Å². The van der Waals surface area contributed by atoms with Gasteiger partial charge >= 0.3 is 0 Å². The van der Waals surface area contributed by atoms with Gasteiger partial charge in [0.25, 0.3) is 5.91 Å². The van der Waals surface area contributed by atoms with Gasteiger partial charge in [-0.2, -0.15) is 0 Å². The highest BCUT2D eigenvalue weighted by Gasteiger charge is 2.31. The van der Waals surface area contributed by atoms with E-state index in [2.05, 4.69) is 25.7 Å². The predicted molar refractivity (Wildman–Crippen MR) is 83.9 cm³/mol. The number of hydrogen-bond donors (Lipinski definition) is 1. The van der Waals surface area contributed by atoms with Gasteiger partial charge < -0.3 is 10.0 Å². The zero-order chi connectivity index (χ0) is 15.3. The smallest absolute Gasteiger partial charge is 0.255 e. The lowest BCUT2D eigenvalue weighted by atomic mass is 9.78. The minimum Gasteiger partial charge on any atom is -0.384 e. The van der Waals surface area contributed by atoms with Gasteiger partial charge in [0.05, 0.1) is 5.56 Å². The SMILES string of the molecule is CCC1(C)CCN(C(=O)c2ccccc2C#CCO)CC1. The molecule has 1 aliphatic heterocycles. The van der Waals surface area contributed by atoms with Crippen LogP contribution in [-0.2, 0) is 0 Å². The molecule has 1 aromatic carbocycles. The fraction of sp³-hybridized carbons (Fsp3) is 0.500. The molecule has 0 radical (unpaired) electrons. The Morgan fingerprint density at radius 1 is 1.33 bits per heavy atom. The van der Waals surface area contributed by atoms with Crippen molar-refractivity contribution in [2.24, 2.45) is 5.41 Å². The normalized spacial score (nSPS) is 17.0. The molecule has 0 aromatic heterocycles. The van der Waals surface area contributed by atoms with Crippen LogP contribution in [-0.4, -0.2) is 35.6 Å². The number of rotatable bonds is 2. The number of aliphatic hydroxyl groups is 1. The number of nitrogens with zero attached hydrogens (tertiary/aromatic N) is 1. The van der Waals surface area contributed by atoms with Crippen LogP contribution in [0, 0.1) is 17.3 Å². The Morgan fingerprint density at radius 2 is 2.00 bits per heavy atom. The molecule has 2 rings (SSSR count). The Hall–Kier alpha value is -1.79. The average molecular weight is 285 g/mol. The fourth-order valence-electron chi connectivity index (χ4n) is 2.69. The van der Waals surface area contributed by atoms with E-state index < -0.39 is 0 Å². The second-order valence-corrected chi connectivity index (χ2v) is 5.96. The maximum atomic E-state index is 12.7. The first kappa shape index (κ1) is 15.6. The quantitative estimate of drug-likeness (QED) is 0.849. The van der Waals surface area contributed by atoms with Gasteiger partial charge in [-0.05, 0) is 30.4 Å². The first-order valence-electron chi connectivity index (χ1n) is 7.58. The molecule has 1 aromatic rings. The molecule has 1 fully saturated rings. The summed E-state index contributed by atoms with van der Waals surface area (Å²) in [6, 6.07) is 7.37. The Labute approximate surface area is 127 Å². The highest BCUT2D eigenvalue weighted by atomic mass is 16.2. The molecule has 3 nitrogen and oxygen atoms in total. The summed E-state index contributed by atoms with van der Waals surface area (Å²) in [6.07, 6.45) is 3.27. The molecule has 1 amide bonds. The number of carbonyl (C=O) groups excluding carboxylic acids is 1. The number of benzene rings is 1. The lowest BCUT2D eigenvalue weighted by Crippen LogP contribution is -2.42. The van der Waals surface area contributed by atoms with Crippen LogP contribution in [0.2, 0.25) is 0 Å². The third kappa shape index (κ3) is 3.65. The summed E-state index contributed by atoms with van der Waals surface area (Å²) in [7, 11) is 0. The topological polar surface area (TPSA) is 40.5 Å². The van der Waals surface area contributed by atoms with Gasteiger partial charge in [0.1, 0.15) is 6.61 Å². The van der Waals surface area contributed by atoms with Gasteiger partial charge in [0.15, 0.2) is 0 Å². The number of likely N-dealkylation sites (tertiary alicyclic amines) is 1. The molecule has 1 heterocycles. The minimum absolute atomic E-state index is 0.0518. The van der Waals surface area contributed by atoms with Crippen molar-refractivity contribution in [1.29, 1.82) is 0 Å². The number of amides is 1. The van der Waals surface area contributed by atoms with Crippen molar-refractivity contribution in [3.05, 3.63) is 35.4 Å². The van der Waals surface area contributed by atoms with E-state index in [4.69, 9.17) is 5.11 Å². The third-order valence-electron chi connectivity index (χ3n) is 4.57. The lowest BCUT2D eigenvalue weighted by Gasteiger charge is -2.39. The van der Waals surface area contributed by atoms with Crippen LogP contribution in [0.3, 0.4) is 0 Å². The number of aliphatic hydroxyl groups excluding tert-OH is 1. The Balaban J connectivity index is 2.15. The van der Waals surface area contributed by atoms with Crippen molar-refractivity contribution in [1.82, 2.24) is 4.90 Å². The van der Waals surface area contributed by atoms with E-state index in [1.807, 2.05) is 29.2 Å². The van der Waals surface area contributed by atoms with E-state index in [-0.39, 0.29) is 12.5 Å². The molecular formula is C18H23NO2. The van der Waals surface area contributed by atoms with Crippen LogP contribution in [0.4, 0.5) is 0 Å². The van der Waals surface area contributed by atoms with Gasteiger partial charge in [-0.25, -0.2) is 0 Å². The van der Waals surface area contributed by atoms with Crippen molar-refractivity contribution >= 4 is 5.91 Å². The van der Waals surface area contributed by atoms with E-state index in [1.54, 1.807) is 0 Å². The monoisotopic (exact) mass is 285 g/mol. The van der Waals surface area contributed by atoms with Crippen LogP contribution in [0.5, 0.6) is 0 Å². The summed E-state index contributed by atoms with van der Waals surface area (Å²) in [4.78, 5) is 14.6. The van der Waals surface area contributed by atoms with E-state index >= 15 is 0 Å². The molecule has 1 N–H and O–H groups in total. The van der Waals surface area contributed by atoms with Crippen LogP contribution >= 0.6 is 0 Å². The van der Waals surface area contributed by atoms with Gasteiger partial charge in [0.2, 0.25) is 0 Å². The molecule has 0 bridgehead atoms. The second kappa shape index (κ2) is 6.78. The maximum absolute atomic E-state index is 12.7. The molecule has 1 aliphatic rings. The van der Waals surface area contributed by atoms with E-state index in [9.17, 15) is 4.79 Å². The summed E-state index contributed by atoms with van der Waals surface area (Å²) in [5.41, 5.74) is 1.70. The van der Waals surface area contributed by atoms with Gasteiger partial charge in [-0.1, -0.05) is 44.2 Å². The standard InChI is InChI=1S/C18H23NO2/c1-3-18(2)10-12-19(13-11-18)17(21)16-9-5-4-7-15(16)8-6-14-20/h4-5,7,9,20H,3,10-14H2,1-2H3. The van der Waals surface area contributed by atoms with Gasteiger partial charge in [-0.3, -0.25) is 4.79 Å². The second-order valence-electron chi connectivity index (χ2n) is 5.96. The molecule has 112 valence electrons. The fourth-order valence-corrected chi connectivity index (χ4v) is 2.69. The van der Waals surface area contributed by atoms with E-state index in [1.165, 1.54) is 0 Å². The number of piperidine rings is 1. The average Bonchev–Trinajstić information content (AvgIpc) is 2.53. The van der Waals surface area contributed by atoms with Crippen molar-refractivity contribution in [3.63, 3.8) is 0 Å². The summed E-state index contributed by atoms with van der Waals surface area (Å²) in [6.45, 7) is 5.95. The number of carbonyl (C=O) groups is 1. The molecular weight excluding hydrogens is 262 g/mol. The van der Waals surface area contributed by atoms with E-state index in [0.717, 1.165) is 32.4 Å². The van der Waals surface area contributed by atoms with Crippen molar-refractivity contribution in [3.8, 4) is 11.8 Å². The zero-order valence-corrected chi connectivity index (χ0v) is 12.9. The summed E-state index contributed by atoms with van der Waals surface area (Å²) in [5.74, 6) is 5.53. The van der Waals surface area contributed by atoms with Crippen LogP contribution in [0.25, 0.3) is 0 Å². The number of hydrogen-bond acceptors (Lipinski definition) is 2. The van der Waals surface area contributed by atoms with Crippen molar-refractivity contribution < 1.29 is 9.90 Å². The van der Waals surface area contributed by atoms with Crippen molar-refractivity contribution in [2.75, 3.05) is 19.7 Å². The molecule has 1 saturated heterocycles. The first-order valence-corrected chi connectivity index (χ1v) is 7.58. The highest BCUT2D eigenvalue weighted by Crippen LogP contribution is 2.34. The molecule has 0 unspecified atom stereocenters. The first-order chi connectivity index (χ1) is 10.1. The summed E-state index contributed by atoms with van der Waals surface area (Å²) in [5, 5.41) is 8.82. The summed E-state index contributed by atoms with van der Waals surface area (Å²) < 4.78 is 0. The molecule has 21 heavy (non-hydrogen) atoms. The largest absolute Gasteiger partial charge is 0.384 e. The predicted octanol–water partition coefficient (Wildman–Crippen LogP) is 2.68. The molecule has 3 heteroatoms. The minimum atomic E-state index is -0.193. The highest BCUT2D eigenvalue weighted by molar-refractivity contribution is 5.96. The van der Waals surface area contributed by atoms with Crippen LogP contribution in [0.15, 0.2) is 24.3 Å². The van der Waals surface area contributed by atoms with Gasteiger partial charge in [0, 0.05) is 18.7 Å². The Morgan fingerprint density at radius 3 is 2.62 bits per heavy atom. The maximum Gasteiger partial charge on any atom is 0.255 e. The summed E-state index contributed by atoms with van der Waals surface area (Å²) >= 11 is 0. The molecule has 0 atom stereocenters. The molecule has 0 spiro atoms. The van der Waals surface area contributed by atoms with Crippen LogP contribution in [0.1, 0.15) is 49.0 Å². The van der Waals surface area contributed by atoms with Gasteiger partial charge in [-0.15, -0.1) is 0 Å². The Kier molecular flexibility index (Phi) is 5.03. The Bertz CT molecular complexity index is 560. The lowest BCUT2D eigenvalue weighted by molar-refractivity contribution is 0.0600. The molecule has 0 aliphatic carbocycles. The molecule has 0 saturated carbocycles. The van der Waals surface area contributed by atoms with Crippen molar-refractivity contribution in [2.45, 2.75) is 33.1 Å². The zero-order valence-electron chi connectivity index (χ0n) is 12.9.